The van der Waals surface area contributed by atoms with Crippen LogP contribution >= 0.6 is 0 Å². The Bertz CT molecular complexity index is 814. The molecule has 1 aliphatic rings. The smallest absolute Gasteiger partial charge is 0.268 e. The molecule has 0 saturated heterocycles. The molecule has 1 aliphatic heterocycles. The zero-order valence-corrected chi connectivity index (χ0v) is 13.7. The molecule has 0 spiro atoms. The van der Waals surface area contributed by atoms with Gasteiger partial charge in [0.15, 0.2) is 5.60 Å². The number of hydrogen-bond donors (Lipinski definition) is 2. The van der Waals surface area contributed by atoms with Crippen LogP contribution in [0.15, 0.2) is 42.5 Å². The molecule has 0 bridgehead atoms. The van der Waals surface area contributed by atoms with E-state index in [9.17, 15) is 9.59 Å². The van der Waals surface area contributed by atoms with Gasteiger partial charge in [-0.2, -0.15) is 0 Å². The predicted molar refractivity (Wildman–Crippen MR) is 90.7 cm³/mol. The molecule has 2 aromatic rings. The third kappa shape index (κ3) is 2.90. The molecule has 0 atom stereocenters. The topological polar surface area (TPSA) is 76.7 Å². The van der Waals surface area contributed by atoms with Gasteiger partial charge in [0.25, 0.3) is 11.8 Å². The largest absolute Gasteiger partial charge is 0.496 e. The van der Waals surface area contributed by atoms with Crippen LogP contribution in [0, 0.1) is 0 Å². The first kappa shape index (κ1) is 15.9. The van der Waals surface area contributed by atoms with E-state index >= 15 is 0 Å². The second kappa shape index (κ2) is 5.88. The first-order chi connectivity index (χ1) is 11.4. The summed E-state index contributed by atoms with van der Waals surface area (Å²) in [5, 5.41) is 5.59. The minimum absolute atomic E-state index is 0.208. The lowest BCUT2D eigenvalue weighted by Gasteiger charge is -2.31. The third-order valence-electron chi connectivity index (χ3n) is 3.75. The monoisotopic (exact) mass is 326 g/mol. The Labute approximate surface area is 139 Å². The van der Waals surface area contributed by atoms with Gasteiger partial charge in [-0.15, -0.1) is 0 Å². The van der Waals surface area contributed by atoms with E-state index in [-0.39, 0.29) is 11.8 Å². The normalized spacial score (nSPS) is 14.9. The van der Waals surface area contributed by atoms with Crippen molar-refractivity contribution in [2.75, 3.05) is 17.7 Å². The number of carbonyl (C=O) groups is 2. The zero-order valence-electron chi connectivity index (χ0n) is 13.7. The lowest BCUT2D eigenvalue weighted by atomic mass is 10.1. The van der Waals surface area contributed by atoms with E-state index in [4.69, 9.17) is 9.47 Å². The van der Waals surface area contributed by atoms with E-state index in [1.807, 2.05) is 0 Å². The van der Waals surface area contributed by atoms with Crippen LogP contribution in [0.25, 0.3) is 0 Å². The summed E-state index contributed by atoms with van der Waals surface area (Å²) in [6.45, 7) is 3.37. The van der Waals surface area contributed by atoms with Crippen molar-refractivity contribution in [3.8, 4) is 11.5 Å². The SMILES string of the molecule is COc1ccccc1C(=O)Nc1ccc2c(c1)OC(C)(C)C(=O)N2. The number of fused-ring (bicyclic) bond motifs is 1. The van der Waals surface area contributed by atoms with E-state index < -0.39 is 5.60 Å². The highest BCUT2D eigenvalue weighted by Gasteiger charge is 2.35. The fourth-order valence-corrected chi connectivity index (χ4v) is 2.41. The van der Waals surface area contributed by atoms with Crippen LogP contribution < -0.4 is 20.1 Å². The molecule has 0 fully saturated rings. The fourth-order valence-electron chi connectivity index (χ4n) is 2.41. The summed E-state index contributed by atoms with van der Waals surface area (Å²) in [5.41, 5.74) is 0.622. The van der Waals surface area contributed by atoms with Crippen LogP contribution in [0.2, 0.25) is 0 Å². The van der Waals surface area contributed by atoms with Gasteiger partial charge in [0.2, 0.25) is 0 Å². The van der Waals surface area contributed by atoms with Gasteiger partial charge in [-0.05, 0) is 38.1 Å². The van der Waals surface area contributed by atoms with Crippen molar-refractivity contribution in [3.05, 3.63) is 48.0 Å². The van der Waals surface area contributed by atoms with Crippen molar-refractivity contribution in [1.29, 1.82) is 0 Å². The molecule has 2 aromatic carbocycles. The Morgan fingerprint density at radius 3 is 2.71 bits per heavy atom. The average molecular weight is 326 g/mol. The van der Waals surface area contributed by atoms with E-state index in [2.05, 4.69) is 10.6 Å². The molecule has 0 saturated carbocycles. The number of hydrogen-bond acceptors (Lipinski definition) is 4. The zero-order chi connectivity index (χ0) is 17.3. The van der Waals surface area contributed by atoms with Gasteiger partial charge >= 0.3 is 0 Å². The average Bonchev–Trinajstić information content (AvgIpc) is 2.55. The summed E-state index contributed by atoms with van der Waals surface area (Å²) < 4.78 is 10.9. The number of para-hydroxylation sites is 1. The lowest BCUT2D eigenvalue weighted by molar-refractivity contribution is -0.129. The number of rotatable bonds is 3. The Morgan fingerprint density at radius 1 is 1.21 bits per heavy atom. The first-order valence-electron chi connectivity index (χ1n) is 7.49. The predicted octanol–water partition coefficient (Wildman–Crippen LogP) is 3.06. The number of ether oxygens (including phenoxy) is 2. The van der Waals surface area contributed by atoms with Crippen molar-refractivity contribution in [3.63, 3.8) is 0 Å². The maximum atomic E-state index is 12.4. The number of amides is 2. The van der Waals surface area contributed by atoms with Crippen LogP contribution in [0.1, 0.15) is 24.2 Å². The summed E-state index contributed by atoms with van der Waals surface area (Å²) in [5.74, 6) is 0.516. The Balaban J connectivity index is 1.84. The maximum absolute atomic E-state index is 12.4. The highest BCUT2D eigenvalue weighted by Crippen LogP contribution is 2.35. The number of nitrogens with one attached hydrogen (secondary N) is 2. The Kier molecular flexibility index (Phi) is 3.89. The Hall–Kier alpha value is -3.02. The minimum Gasteiger partial charge on any atom is -0.496 e. The fraction of sp³-hybridized carbons (Fsp3) is 0.222. The van der Waals surface area contributed by atoms with Gasteiger partial charge in [-0.25, -0.2) is 0 Å². The Morgan fingerprint density at radius 2 is 1.96 bits per heavy atom. The van der Waals surface area contributed by atoms with Gasteiger partial charge in [-0.1, -0.05) is 12.1 Å². The number of carbonyl (C=O) groups excluding carboxylic acids is 2. The van der Waals surface area contributed by atoms with Crippen LogP contribution in [-0.2, 0) is 4.79 Å². The van der Waals surface area contributed by atoms with Crippen molar-refractivity contribution in [2.24, 2.45) is 0 Å². The van der Waals surface area contributed by atoms with E-state index in [1.165, 1.54) is 7.11 Å². The standard InChI is InChI=1S/C18H18N2O4/c1-18(2)17(22)20-13-9-8-11(10-15(13)24-18)19-16(21)12-6-4-5-7-14(12)23-3/h4-10H,1-3H3,(H,19,21)(H,20,22). The van der Waals surface area contributed by atoms with Crippen molar-refractivity contribution >= 4 is 23.2 Å². The second-order valence-corrected chi connectivity index (χ2v) is 5.93. The van der Waals surface area contributed by atoms with Crippen molar-refractivity contribution in [2.45, 2.75) is 19.4 Å². The van der Waals surface area contributed by atoms with Gasteiger partial charge in [0.05, 0.1) is 18.4 Å². The molecule has 3 rings (SSSR count). The quantitative estimate of drug-likeness (QED) is 0.909. The molecule has 6 nitrogen and oxygen atoms in total. The van der Waals surface area contributed by atoms with E-state index in [0.29, 0.717) is 28.4 Å². The molecule has 0 aliphatic carbocycles. The van der Waals surface area contributed by atoms with E-state index in [0.717, 1.165) is 0 Å². The highest BCUT2D eigenvalue weighted by atomic mass is 16.5. The molecule has 124 valence electrons. The summed E-state index contributed by atoms with van der Waals surface area (Å²) in [6.07, 6.45) is 0. The summed E-state index contributed by atoms with van der Waals surface area (Å²) in [4.78, 5) is 24.3. The van der Waals surface area contributed by atoms with Crippen LogP contribution in [-0.4, -0.2) is 24.5 Å². The molecular weight excluding hydrogens is 308 g/mol. The third-order valence-corrected chi connectivity index (χ3v) is 3.75. The molecule has 0 unspecified atom stereocenters. The maximum Gasteiger partial charge on any atom is 0.268 e. The summed E-state index contributed by atoms with van der Waals surface area (Å²) in [7, 11) is 1.52. The molecule has 2 N–H and O–H groups in total. The molecule has 2 amide bonds. The van der Waals surface area contributed by atoms with Gasteiger partial charge in [-0.3, -0.25) is 9.59 Å². The molecule has 0 aromatic heterocycles. The van der Waals surface area contributed by atoms with Crippen LogP contribution in [0.4, 0.5) is 11.4 Å². The number of methoxy groups -OCH3 is 1. The summed E-state index contributed by atoms with van der Waals surface area (Å²) in [6, 6.07) is 12.1. The number of anilines is 2. The van der Waals surface area contributed by atoms with Crippen molar-refractivity contribution < 1.29 is 19.1 Å². The van der Waals surface area contributed by atoms with Crippen molar-refractivity contribution in [1.82, 2.24) is 0 Å². The molecule has 1 heterocycles. The van der Waals surface area contributed by atoms with E-state index in [1.54, 1.807) is 56.3 Å². The van der Waals surface area contributed by atoms with Crippen LogP contribution in [0.3, 0.4) is 0 Å². The van der Waals surface area contributed by atoms with Gasteiger partial charge < -0.3 is 20.1 Å². The number of benzene rings is 2. The van der Waals surface area contributed by atoms with Gasteiger partial charge in [0, 0.05) is 11.8 Å². The first-order valence-corrected chi connectivity index (χ1v) is 7.49. The molecule has 24 heavy (non-hydrogen) atoms. The van der Waals surface area contributed by atoms with Gasteiger partial charge in [0.1, 0.15) is 11.5 Å². The van der Waals surface area contributed by atoms with Crippen LogP contribution in [0.5, 0.6) is 11.5 Å². The highest BCUT2D eigenvalue weighted by molar-refractivity contribution is 6.07. The molecule has 0 radical (unpaired) electrons. The lowest BCUT2D eigenvalue weighted by Crippen LogP contribution is -2.45. The minimum atomic E-state index is -0.960. The summed E-state index contributed by atoms with van der Waals surface area (Å²) >= 11 is 0. The molecule has 6 heteroatoms. The molecular formula is C18H18N2O4. The second-order valence-electron chi connectivity index (χ2n) is 5.93.